The average molecular weight is 436 g/mol. The summed E-state index contributed by atoms with van der Waals surface area (Å²) in [6.07, 6.45) is 6.37. The molecule has 8 nitrogen and oxygen atoms in total. The van der Waals surface area contributed by atoms with E-state index in [0.717, 1.165) is 29.2 Å². The molecule has 0 amide bonds. The molecule has 2 fully saturated rings. The Bertz CT molecular complexity index is 1120. The molecule has 3 aromatic rings. The van der Waals surface area contributed by atoms with Gasteiger partial charge in [-0.1, -0.05) is 0 Å². The van der Waals surface area contributed by atoms with Crippen LogP contribution in [-0.4, -0.2) is 75.5 Å². The number of fused-ring (bicyclic) bond motifs is 3. The van der Waals surface area contributed by atoms with Crippen molar-refractivity contribution in [2.75, 3.05) is 19.1 Å². The van der Waals surface area contributed by atoms with Gasteiger partial charge < -0.3 is 19.5 Å². The van der Waals surface area contributed by atoms with Crippen LogP contribution >= 0.6 is 0 Å². The standard InChI is InChI=1S/C22H26BFN6O2/c1-23(31)30-15-4-5-17(30)21(24)18(10-15)29(2)20-12-26-22(28-27-20)16-8-14-11-25-7-6-13(14)9-19(16)32-3/h6-9,11-12,15,17-18,21,31H,4-5,10H2,1-3H3/t15?,17?,18-,21+/m1/s1. The summed E-state index contributed by atoms with van der Waals surface area (Å²) in [5, 5.41) is 20.7. The second kappa shape index (κ2) is 8.25. The molecule has 0 saturated carbocycles. The quantitative estimate of drug-likeness (QED) is 0.611. The molecule has 0 aliphatic carbocycles. The Labute approximate surface area is 186 Å². The van der Waals surface area contributed by atoms with E-state index in [1.165, 1.54) is 0 Å². The molecule has 0 radical (unpaired) electrons. The number of benzene rings is 1. The van der Waals surface area contributed by atoms with Gasteiger partial charge in [-0.25, -0.2) is 9.37 Å². The van der Waals surface area contributed by atoms with Gasteiger partial charge in [0.25, 0.3) is 0 Å². The summed E-state index contributed by atoms with van der Waals surface area (Å²) in [5.41, 5.74) is 0.723. The number of ether oxygens (including phenoxy) is 1. The largest absolute Gasteiger partial charge is 0.496 e. The number of aromatic nitrogens is 4. The monoisotopic (exact) mass is 436 g/mol. The number of halogens is 1. The van der Waals surface area contributed by atoms with Gasteiger partial charge in [0.1, 0.15) is 11.9 Å². The molecule has 1 aromatic carbocycles. The molecule has 4 atom stereocenters. The van der Waals surface area contributed by atoms with Crippen LogP contribution < -0.4 is 9.64 Å². The van der Waals surface area contributed by atoms with Crippen LogP contribution in [0.2, 0.25) is 6.82 Å². The first-order valence-electron chi connectivity index (χ1n) is 10.9. The lowest BCUT2D eigenvalue weighted by molar-refractivity contribution is 0.0962. The van der Waals surface area contributed by atoms with E-state index in [0.29, 0.717) is 23.8 Å². The minimum Gasteiger partial charge on any atom is -0.496 e. The lowest BCUT2D eigenvalue weighted by Gasteiger charge is -2.45. The Hall–Kier alpha value is -2.85. The highest BCUT2D eigenvalue weighted by molar-refractivity contribution is 6.45. The number of methoxy groups -OCH3 is 1. The average Bonchev–Trinajstić information content (AvgIpc) is 3.17. The van der Waals surface area contributed by atoms with Crippen LogP contribution in [0.4, 0.5) is 10.2 Å². The number of alkyl halides is 1. The van der Waals surface area contributed by atoms with Gasteiger partial charge in [-0.15, -0.1) is 10.2 Å². The van der Waals surface area contributed by atoms with Crippen molar-refractivity contribution < 1.29 is 14.2 Å². The summed E-state index contributed by atoms with van der Waals surface area (Å²) >= 11 is 0. The summed E-state index contributed by atoms with van der Waals surface area (Å²) < 4.78 is 20.9. The number of hydrogen-bond acceptors (Lipinski definition) is 8. The van der Waals surface area contributed by atoms with E-state index >= 15 is 4.39 Å². The van der Waals surface area contributed by atoms with E-state index in [-0.39, 0.29) is 18.1 Å². The molecule has 2 unspecified atom stereocenters. The van der Waals surface area contributed by atoms with Gasteiger partial charge in [-0.05, 0) is 49.7 Å². The maximum absolute atomic E-state index is 15.4. The van der Waals surface area contributed by atoms with Gasteiger partial charge in [0, 0.05) is 36.9 Å². The van der Waals surface area contributed by atoms with Gasteiger partial charge in [0.2, 0.25) is 0 Å². The van der Waals surface area contributed by atoms with Crippen LogP contribution in [0.25, 0.3) is 22.2 Å². The predicted molar refractivity (Wildman–Crippen MR) is 121 cm³/mol. The Balaban J connectivity index is 1.40. The minimum absolute atomic E-state index is 0.176. The van der Waals surface area contributed by atoms with Gasteiger partial charge in [0.15, 0.2) is 11.6 Å². The molecule has 5 rings (SSSR count). The number of hydrogen-bond donors (Lipinski definition) is 1. The van der Waals surface area contributed by atoms with Crippen LogP contribution in [-0.2, 0) is 0 Å². The van der Waals surface area contributed by atoms with Crippen molar-refractivity contribution in [2.45, 2.75) is 50.4 Å². The van der Waals surface area contributed by atoms with Crippen molar-refractivity contribution >= 4 is 23.6 Å². The van der Waals surface area contributed by atoms with Crippen LogP contribution in [0.1, 0.15) is 19.3 Å². The van der Waals surface area contributed by atoms with E-state index in [4.69, 9.17) is 4.74 Å². The maximum Gasteiger partial charge on any atom is 0.376 e. The van der Waals surface area contributed by atoms with Crippen LogP contribution in [0, 0.1) is 0 Å². The SMILES string of the molecule is COc1cc2ccncc2cc1-c1ncc(N(C)[C@@H]2CC3CCC([C@@H]2F)N3B(C)O)nn1. The third kappa shape index (κ3) is 3.47. The van der Waals surface area contributed by atoms with Gasteiger partial charge in [-0.3, -0.25) is 4.98 Å². The van der Waals surface area contributed by atoms with E-state index in [2.05, 4.69) is 20.2 Å². The highest BCUT2D eigenvalue weighted by Crippen LogP contribution is 2.40. The summed E-state index contributed by atoms with van der Waals surface area (Å²) in [4.78, 5) is 12.4. The molecule has 4 heterocycles. The zero-order valence-electron chi connectivity index (χ0n) is 18.4. The number of piperidine rings is 1. The van der Waals surface area contributed by atoms with E-state index in [1.807, 2.05) is 35.0 Å². The highest BCUT2D eigenvalue weighted by atomic mass is 19.1. The van der Waals surface area contributed by atoms with Crippen molar-refractivity contribution in [1.29, 1.82) is 0 Å². The first kappa shape index (κ1) is 21.0. The second-order valence-electron chi connectivity index (χ2n) is 8.65. The molecule has 32 heavy (non-hydrogen) atoms. The number of pyridine rings is 1. The van der Waals surface area contributed by atoms with Gasteiger partial charge in [0.05, 0.1) is 24.9 Å². The molecule has 0 spiro atoms. The van der Waals surface area contributed by atoms with E-state index in [1.54, 1.807) is 32.5 Å². The third-order valence-corrected chi connectivity index (χ3v) is 6.89. The zero-order chi connectivity index (χ0) is 22.4. The normalized spacial score (nSPS) is 25.2. The van der Waals surface area contributed by atoms with Gasteiger partial charge >= 0.3 is 7.05 Å². The van der Waals surface area contributed by atoms with Crippen molar-refractivity contribution in [3.8, 4) is 17.1 Å². The zero-order valence-corrected chi connectivity index (χ0v) is 18.4. The Morgan fingerprint density at radius 1 is 1.22 bits per heavy atom. The highest BCUT2D eigenvalue weighted by Gasteiger charge is 2.51. The van der Waals surface area contributed by atoms with E-state index < -0.39 is 13.2 Å². The topological polar surface area (TPSA) is 87.5 Å². The molecular formula is C22H26BFN6O2. The van der Waals surface area contributed by atoms with Crippen LogP contribution in [0.5, 0.6) is 5.75 Å². The predicted octanol–water partition coefficient (Wildman–Crippen LogP) is 2.59. The minimum atomic E-state index is -1.08. The number of rotatable bonds is 5. The molecule has 2 aliphatic rings. The second-order valence-corrected chi connectivity index (χ2v) is 8.65. The summed E-state index contributed by atoms with van der Waals surface area (Å²) in [6.45, 7) is 1.72. The fourth-order valence-corrected chi connectivity index (χ4v) is 5.30. The first-order valence-corrected chi connectivity index (χ1v) is 10.9. The first-order chi connectivity index (χ1) is 15.5. The molecule has 2 aliphatic heterocycles. The molecule has 2 saturated heterocycles. The molecule has 166 valence electrons. The van der Waals surface area contributed by atoms with Crippen molar-refractivity contribution in [3.63, 3.8) is 0 Å². The van der Waals surface area contributed by atoms with Gasteiger partial charge in [-0.2, -0.15) is 0 Å². The van der Waals surface area contributed by atoms with Crippen LogP contribution in [0.15, 0.2) is 36.8 Å². The summed E-state index contributed by atoms with van der Waals surface area (Å²) in [6, 6.07) is 5.36. The fraction of sp³-hybridized carbons (Fsp3) is 0.455. The van der Waals surface area contributed by atoms with Crippen molar-refractivity contribution in [1.82, 2.24) is 25.0 Å². The third-order valence-electron chi connectivity index (χ3n) is 6.89. The molecule has 2 aromatic heterocycles. The fourth-order valence-electron chi connectivity index (χ4n) is 5.30. The van der Waals surface area contributed by atoms with Crippen LogP contribution in [0.3, 0.4) is 0 Å². The smallest absolute Gasteiger partial charge is 0.376 e. The van der Waals surface area contributed by atoms with E-state index in [9.17, 15) is 5.02 Å². The Morgan fingerprint density at radius 3 is 2.78 bits per heavy atom. The molecule has 10 heteroatoms. The molecular weight excluding hydrogens is 410 g/mol. The number of anilines is 1. The lowest BCUT2D eigenvalue weighted by Crippen LogP contribution is -2.60. The maximum atomic E-state index is 15.4. The number of nitrogens with zero attached hydrogens (tertiary/aromatic N) is 6. The lowest BCUT2D eigenvalue weighted by atomic mass is 9.78. The summed E-state index contributed by atoms with van der Waals surface area (Å²) in [7, 11) is 2.81. The van der Waals surface area contributed by atoms with Crippen molar-refractivity contribution in [3.05, 3.63) is 36.8 Å². The van der Waals surface area contributed by atoms with Crippen molar-refractivity contribution in [2.24, 2.45) is 0 Å². The molecule has 1 N–H and O–H groups in total. The Kier molecular flexibility index (Phi) is 5.42. The Morgan fingerprint density at radius 2 is 2.06 bits per heavy atom. The molecule has 2 bridgehead atoms. The summed E-state index contributed by atoms with van der Waals surface area (Å²) in [5.74, 6) is 1.61.